The second kappa shape index (κ2) is 3.29. The van der Waals surface area contributed by atoms with Crippen LogP contribution in [0.4, 0.5) is 4.79 Å². The van der Waals surface area contributed by atoms with Crippen molar-refractivity contribution in [1.29, 1.82) is 0 Å². The van der Waals surface area contributed by atoms with Crippen molar-refractivity contribution in [3.05, 3.63) is 0 Å². The van der Waals surface area contributed by atoms with E-state index in [1.54, 1.807) is 20.8 Å². The van der Waals surface area contributed by atoms with Crippen LogP contribution in [0.1, 0.15) is 20.8 Å². The topological polar surface area (TPSA) is 78.0 Å². The van der Waals surface area contributed by atoms with E-state index in [0.29, 0.717) is 0 Å². The van der Waals surface area contributed by atoms with Gasteiger partial charge in [0.15, 0.2) is 0 Å². The lowest BCUT2D eigenvalue weighted by atomic mass is 10.2. The predicted molar refractivity (Wildman–Crippen MR) is 32.5 cm³/mol. The van der Waals surface area contributed by atoms with E-state index in [1.807, 2.05) is 0 Å². The molecule has 0 saturated carbocycles. The summed E-state index contributed by atoms with van der Waals surface area (Å²) in [6.45, 7) is 5.04. The van der Waals surface area contributed by atoms with Crippen molar-refractivity contribution in [2.24, 2.45) is 0 Å². The molecule has 0 radical (unpaired) electrons. The van der Waals surface area contributed by atoms with E-state index in [0.717, 1.165) is 0 Å². The quantitative estimate of drug-likeness (QED) is 0.496. The van der Waals surface area contributed by atoms with Crippen molar-refractivity contribution in [2.45, 2.75) is 26.4 Å². The first kappa shape index (κ1) is 11.1. The maximum absolute atomic E-state index is 9.79. The molecule has 0 amide bonds. The lowest BCUT2D eigenvalue weighted by Crippen LogP contribution is -2.22. The zero-order chi connectivity index (χ0) is 6.78. The minimum atomic E-state index is -1.22. The van der Waals surface area contributed by atoms with Crippen LogP contribution in [0.2, 0.25) is 0 Å². The van der Waals surface area contributed by atoms with Crippen LogP contribution in [-0.4, -0.2) is 22.3 Å². The van der Waals surface area contributed by atoms with Crippen LogP contribution in [0.5, 0.6) is 0 Å². The Morgan fingerprint density at radius 3 is 1.78 bits per heavy atom. The Hall–Kier alpha value is -0.770. The highest BCUT2D eigenvalue weighted by atomic mass is 16.7. The van der Waals surface area contributed by atoms with Gasteiger partial charge >= 0.3 is 6.16 Å². The van der Waals surface area contributed by atoms with E-state index >= 15 is 0 Å². The molecule has 0 spiro atoms. The van der Waals surface area contributed by atoms with Crippen molar-refractivity contribution >= 4 is 6.16 Å². The zero-order valence-corrected chi connectivity index (χ0v) is 5.76. The summed E-state index contributed by atoms with van der Waals surface area (Å²) in [7, 11) is 0. The van der Waals surface area contributed by atoms with Gasteiger partial charge < -0.3 is 15.3 Å². The van der Waals surface area contributed by atoms with Gasteiger partial charge in [-0.15, -0.1) is 0 Å². The van der Waals surface area contributed by atoms with Gasteiger partial charge in [-0.25, -0.2) is 4.79 Å². The van der Waals surface area contributed by atoms with E-state index < -0.39 is 11.8 Å². The molecule has 0 rings (SSSR count). The van der Waals surface area contributed by atoms with Gasteiger partial charge in [0, 0.05) is 0 Å². The Bertz CT molecular complexity index is 91.6. The van der Waals surface area contributed by atoms with Crippen molar-refractivity contribution in [3.63, 3.8) is 0 Å². The second-order valence-electron chi connectivity index (χ2n) is 2.48. The Labute approximate surface area is 53.7 Å². The number of carboxylic acid groups (broad SMARTS) is 1. The molecule has 0 aromatic heterocycles. The molecule has 4 heteroatoms. The predicted octanol–water partition coefficient (Wildman–Crippen LogP) is 0.655. The molecule has 0 bridgehead atoms. The molecule has 0 heterocycles. The molecule has 0 aliphatic heterocycles. The Morgan fingerprint density at radius 1 is 1.44 bits per heavy atom. The fraction of sp³-hybridized carbons (Fsp3) is 0.800. The molecular formula is C5H12O4. The highest BCUT2D eigenvalue weighted by molar-refractivity contribution is 5.57. The molecular weight excluding hydrogens is 124 g/mol. The van der Waals surface area contributed by atoms with Gasteiger partial charge in [0.1, 0.15) is 5.60 Å². The first-order valence-electron chi connectivity index (χ1n) is 2.34. The van der Waals surface area contributed by atoms with Crippen molar-refractivity contribution < 1.29 is 20.1 Å². The molecule has 0 saturated heterocycles. The minimum Gasteiger partial charge on any atom is -0.450 e. The molecule has 56 valence electrons. The van der Waals surface area contributed by atoms with Gasteiger partial charge in [-0.05, 0) is 20.8 Å². The van der Waals surface area contributed by atoms with Gasteiger partial charge in [0.05, 0.1) is 0 Å². The first-order chi connectivity index (χ1) is 3.42. The fourth-order valence-electron chi connectivity index (χ4n) is 0.262. The summed E-state index contributed by atoms with van der Waals surface area (Å²) < 4.78 is 4.35. The summed E-state index contributed by atoms with van der Waals surface area (Å²) in [6, 6.07) is 0. The SMILES string of the molecule is CC(C)(C)OC(=O)O.O. The average Bonchev–Trinajstić information content (AvgIpc) is 1.21. The highest BCUT2D eigenvalue weighted by Crippen LogP contribution is 2.05. The van der Waals surface area contributed by atoms with Gasteiger partial charge in [-0.2, -0.15) is 0 Å². The standard InChI is InChI=1S/C5H10O3.H2O/c1-5(2,3)8-4(6)7;/h1-3H3,(H,6,7);1H2. The smallest absolute Gasteiger partial charge is 0.450 e. The molecule has 0 aromatic rings. The number of carbonyl (C=O) groups is 1. The molecule has 4 nitrogen and oxygen atoms in total. The largest absolute Gasteiger partial charge is 0.506 e. The molecule has 9 heavy (non-hydrogen) atoms. The summed E-state index contributed by atoms with van der Waals surface area (Å²) in [4.78, 5) is 9.79. The molecule has 0 aromatic carbocycles. The summed E-state index contributed by atoms with van der Waals surface area (Å²) in [5.74, 6) is 0. The van der Waals surface area contributed by atoms with E-state index in [9.17, 15) is 4.79 Å². The van der Waals surface area contributed by atoms with Crippen LogP contribution in [0, 0.1) is 0 Å². The van der Waals surface area contributed by atoms with E-state index in [4.69, 9.17) is 5.11 Å². The van der Waals surface area contributed by atoms with Crippen LogP contribution < -0.4 is 0 Å². The maximum Gasteiger partial charge on any atom is 0.506 e. The second-order valence-corrected chi connectivity index (χ2v) is 2.48. The van der Waals surface area contributed by atoms with Gasteiger partial charge in [-0.1, -0.05) is 0 Å². The Morgan fingerprint density at radius 2 is 1.78 bits per heavy atom. The monoisotopic (exact) mass is 136 g/mol. The Kier molecular flexibility index (Phi) is 4.06. The van der Waals surface area contributed by atoms with Crippen molar-refractivity contribution in [1.82, 2.24) is 0 Å². The first-order valence-corrected chi connectivity index (χ1v) is 2.34. The van der Waals surface area contributed by atoms with Gasteiger partial charge in [-0.3, -0.25) is 0 Å². The van der Waals surface area contributed by atoms with Crippen LogP contribution in [-0.2, 0) is 4.74 Å². The molecule has 0 atom stereocenters. The Balaban J connectivity index is 0. The fourth-order valence-corrected chi connectivity index (χ4v) is 0.262. The molecule has 0 unspecified atom stereocenters. The van der Waals surface area contributed by atoms with E-state index in [-0.39, 0.29) is 5.48 Å². The highest BCUT2D eigenvalue weighted by Gasteiger charge is 2.13. The van der Waals surface area contributed by atoms with Crippen LogP contribution in [0.3, 0.4) is 0 Å². The van der Waals surface area contributed by atoms with Gasteiger partial charge in [0.25, 0.3) is 0 Å². The number of ether oxygens (including phenoxy) is 1. The zero-order valence-electron chi connectivity index (χ0n) is 5.76. The van der Waals surface area contributed by atoms with Crippen LogP contribution >= 0.6 is 0 Å². The van der Waals surface area contributed by atoms with E-state index in [2.05, 4.69) is 4.74 Å². The lowest BCUT2D eigenvalue weighted by Gasteiger charge is -2.15. The maximum atomic E-state index is 9.79. The number of rotatable bonds is 0. The van der Waals surface area contributed by atoms with Crippen LogP contribution in [0.25, 0.3) is 0 Å². The number of hydrogen-bond acceptors (Lipinski definition) is 2. The average molecular weight is 136 g/mol. The van der Waals surface area contributed by atoms with Crippen molar-refractivity contribution in [3.8, 4) is 0 Å². The lowest BCUT2D eigenvalue weighted by molar-refractivity contribution is 0.0150. The molecule has 0 aliphatic carbocycles. The van der Waals surface area contributed by atoms with E-state index in [1.165, 1.54) is 0 Å². The minimum absolute atomic E-state index is 0. The summed E-state index contributed by atoms with van der Waals surface area (Å²) in [5.41, 5.74) is -0.578. The third kappa shape index (κ3) is 11.1. The number of hydrogen-bond donors (Lipinski definition) is 1. The van der Waals surface area contributed by atoms with Crippen LogP contribution in [0.15, 0.2) is 0 Å². The summed E-state index contributed by atoms with van der Waals surface area (Å²) in [5, 5.41) is 8.03. The van der Waals surface area contributed by atoms with Crippen molar-refractivity contribution in [2.75, 3.05) is 0 Å². The summed E-state index contributed by atoms with van der Waals surface area (Å²) in [6.07, 6.45) is -1.22. The summed E-state index contributed by atoms with van der Waals surface area (Å²) >= 11 is 0. The van der Waals surface area contributed by atoms with Gasteiger partial charge in [0.2, 0.25) is 0 Å². The normalized spacial score (nSPS) is 9.67. The third-order valence-electron chi connectivity index (χ3n) is 0.393. The molecule has 0 fully saturated rings. The molecule has 3 N–H and O–H groups in total. The third-order valence-corrected chi connectivity index (χ3v) is 0.393. The molecule has 0 aliphatic rings.